The summed E-state index contributed by atoms with van der Waals surface area (Å²) in [5.74, 6) is 0.0149. The minimum absolute atomic E-state index is 0.0855. The Labute approximate surface area is 141 Å². The van der Waals surface area contributed by atoms with Gasteiger partial charge >= 0.3 is 0 Å². The summed E-state index contributed by atoms with van der Waals surface area (Å²) >= 11 is 1.44. The van der Waals surface area contributed by atoms with Gasteiger partial charge < -0.3 is 4.42 Å². The Morgan fingerprint density at radius 1 is 0.875 bits per heavy atom. The Bertz CT molecular complexity index is 1080. The molecule has 116 valence electrons. The van der Waals surface area contributed by atoms with Gasteiger partial charge in [0.1, 0.15) is 11.1 Å². The summed E-state index contributed by atoms with van der Waals surface area (Å²) in [6.45, 7) is 0. The predicted molar refractivity (Wildman–Crippen MR) is 95.7 cm³/mol. The molecule has 4 rings (SSSR count). The molecule has 24 heavy (non-hydrogen) atoms. The number of carbonyl (C=O) groups excluding carboxylic acids is 1. The number of carbonyl (C=O) groups is 1. The number of benzene rings is 2. The van der Waals surface area contributed by atoms with Crippen LogP contribution in [0.5, 0.6) is 0 Å². The van der Waals surface area contributed by atoms with Crippen LogP contribution in [0.3, 0.4) is 0 Å². The second-order valence-corrected chi connectivity index (χ2v) is 6.25. The van der Waals surface area contributed by atoms with Crippen molar-refractivity contribution in [2.75, 3.05) is 0 Å². The van der Waals surface area contributed by atoms with E-state index < -0.39 is 0 Å². The maximum atomic E-state index is 13.0. The molecule has 4 aromatic rings. The number of hydrogen-bond donors (Lipinski definition) is 0. The molecule has 0 atom stereocenters. The number of para-hydroxylation sites is 1. The van der Waals surface area contributed by atoms with Gasteiger partial charge in [-0.3, -0.25) is 9.59 Å². The van der Waals surface area contributed by atoms with E-state index in [9.17, 15) is 9.59 Å². The van der Waals surface area contributed by atoms with Gasteiger partial charge in [-0.15, -0.1) is 11.3 Å². The molecule has 3 nitrogen and oxygen atoms in total. The van der Waals surface area contributed by atoms with Crippen molar-refractivity contribution in [3.8, 4) is 10.6 Å². The quantitative estimate of drug-likeness (QED) is 0.509. The summed E-state index contributed by atoms with van der Waals surface area (Å²) in [4.78, 5) is 26.7. The maximum absolute atomic E-state index is 13.0. The molecule has 0 saturated carbocycles. The van der Waals surface area contributed by atoms with E-state index in [-0.39, 0.29) is 16.8 Å². The lowest BCUT2D eigenvalue weighted by Crippen LogP contribution is -2.17. The minimum Gasteiger partial charge on any atom is -0.454 e. The lowest BCUT2D eigenvalue weighted by atomic mass is 10.00. The molecule has 2 heterocycles. The molecule has 2 aromatic carbocycles. The standard InChI is InChI=1S/C20H12O3S/c21-18(13-7-2-1-3-8-13)17-19(22)14-9-4-5-10-15(14)23-20(17)16-11-6-12-24-16/h1-12H. The zero-order valence-corrected chi connectivity index (χ0v) is 13.4. The van der Waals surface area contributed by atoms with Crippen molar-refractivity contribution in [3.63, 3.8) is 0 Å². The molecule has 0 amide bonds. The monoisotopic (exact) mass is 332 g/mol. The third kappa shape index (κ3) is 2.37. The Morgan fingerprint density at radius 3 is 2.38 bits per heavy atom. The van der Waals surface area contributed by atoms with E-state index in [1.54, 1.807) is 42.5 Å². The lowest BCUT2D eigenvalue weighted by molar-refractivity contribution is 0.103. The summed E-state index contributed by atoms with van der Waals surface area (Å²) in [6.07, 6.45) is 0. The lowest BCUT2D eigenvalue weighted by Gasteiger charge is -2.08. The highest BCUT2D eigenvalue weighted by Gasteiger charge is 2.23. The average molecular weight is 332 g/mol. The topological polar surface area (TPSA) is 47.3 Å². The van der Waals surface area contributed by atoms with Crippen LogP contribution < -0.4 is 5.43 Å². The van der Waals surface area contributed by atoms with Gasteiger partial charge in [-0.1, -0.05) is 48.5 Å². The van der Waals surface area contributed by atoms with Crippen LogP contribution in [-0.2, 0) is 0 Å². The van der Waals surface area contributed by atoms with E-state index in [0.29, 0.717) is 22.3 Å². The van der Waals surface area contributed by atoms with Crippen LogP contribution in [0.25, 0.3) is 21.6 Å². The molecule has 4 heteroatoms. The number of fused-ring (bicyclic) bond motifs is 1. The van der Waals surface area contributed by atoms with Gasteiger partial charge in [0.15, 0.2) is 5.76 Å². The molecule has 0 radical (unpaired) electrons. The first-order valence-corrected chi connectivity index (χ1v) is 8.33. The van der Waals surface area contributed by atoms with E-state index in [1.165, 1.54) is 11.3 Å². The molecule has 0 bridgehead atoms. The Morgan fingerprint density at radius 2 is 1.62 bits per heavy atom. The zero-order valence-electron chi connectivity index (χ0n) is 12.6. The van der Waals surface area contributed by atoms with E-state index in [4.69, 9.17) is 4.42 Å². The molecule has 0 saturated heterocycles. The third-order valence-electron chi connectivity index (χ3n) is 3.81. The summed E-state index contributed by atoms with van der Waals surface area (Å²) in [6, 6.07) is 19.5. The fourth-order valence-corrected chi connectivity index (χ4v) is 3.37. The molecular weight excluding hydrogens is 320 g/mol. The first kappa shape index (κ1) is 14.6. The van der Waals surface area contributed by atoms with Crippen LogP contribution in [0.1, 0.15) is 15.9 Å². The van der Waals surface area contributed by atoms with Gasteiger partial charge in [0, 0.05) is 5.56 Å². The van der Waals surface area contributed by atoms with Crippen molar-refractivity contribution in [1.29, 1.82) is 0 Å². The van der Waals surface area contributed by atoms with Crippen molar-refractivity contribution in [2.45, 2.75) is 0 Å². The SMILES string of the molecule is O=C(c1ccccc1)c1c(-c2cccs2)oc2ccccc2c1=O. The second kappa shape index (κ2) is 5.91. The molecule has 2 aromatic heterocycles. The van der Waals surface area contributed by atoms with Gasteiger partial charge in [0.25, 0.3) is 0 Å². The van der Waals surface area contributed by atoms with Crippen LogP contribution in [-0.4, -0.2) is 5.78 Å². The highest BCUT2D eigenvalue weighted by molar-refractivity contribution is 7.13. The van der Waals surface area contributed by atoms with Crippen molar-refractivity contribution < 1.29 is 9.21 Å². The van der Waals surface area contributed by atoms with Crippen molar-refractivity contribution >= 4 is 28.1 Å². The van der Waals surface area contributed by atoms with E-state index in [1.807, 2.05) is 29.6 Å². The first-order valence-electron chi connectivity index (χ1n) is 7.45. The number of rotatable bonds is 3. The summed E-state index contributed by atoms with van der Waals surface area (Å²) in [5, 5.41) is 2.30. The average Bonchev–Trinajstić information content (AvgIpc) is 3.16. The zero-order chi connectivity index (χ0) is 16.5. The Hall–Kier alpha value is -2.98. The Balaban J connectivity index is 2.06. The summed E-state index contributed by atoms with van der Waals surface area (Å²) in [7, 11) is 0. The molecule has 0 N–H and O–H groups in total. The van der Waals surface area contributed by atoms with Gasteiger partial charge in [-0.25, -0.2) is 0 Å². The molecular formula is C20H12O3S. The third-order valence-corrected chi connectivity index (χ3v) is 4.67. The van der Waals surface area contributed by atoms with Crippen LogP contribution in [0, 0.1) is 0 Å². The van der Waals surface area contributed by atoms with Crippen molar-refractivity contribution in [1.82, 2.24) is 0 Å². The van der Waals surface area contributed by atoms with E-state index >= 15 is 0 Å². The largest absolute Gasteiger partial charge is 0.454 e. The smallest absolute Gasteiger partial charge is 0.204 e. The fourth-order valence-electron chi connectivity index (χ4n) is 2.66. The number of thiophene rings is 1. The molecule has 0 spiro atoms. The van der Waals surface area contributed by atoms with Gasteiger partial charge in [-0.2, -0.15) is 0 Å². The number of hydrogen-bond acceptors (Lipinski definition) is 4. The van der Waals surface area contributed by atoms with E-state index in [0.717, 1.165) is 4.88 Å². The molecule has 0 aliphatic rings. The van der Waals surface area contributed by atoms with Crippen LogP contribution in [0.15, 0.2) is 81.3 Å². The van der Waals surface area contributed by atoms with Gasteiger partial charge in [0.2, 0.25) is 11.2 Å². The van der Waals surface area contributed by atoms with Crippen molar-refractivity contribution in [2.24, 2.45) is 0 Å². The van der Waals surface area contributed by atoms with Crippen molar-refractivity contribution in [3.05, 3.63) is 93.5 Å². The van der Waals surface area contributed by atoms with Crippen LogP contribution in [0.2, 0.25) is 0 Å². The van der Waals surface area contributed by atoms with E-state index in [2.05, 4.69) is 0 Å². The molecule has 0 aliphatic heterocycles. The fraction of sp³-hybridized carbons (Fsp3) is 0. The molecule has 0 aliphatic carbocycles. The molecule has 0 fully saturated rings. The number of ketones is 1. The second-order valence-electron chi connectivity index (χ2n) is 5.30. The minimum atomic E-state index is -0.321. The van der Waals surface area contributed by atoms with Crippen LogP contribution >= 0.6 is 11.3 Å². The predicted octanol–water partition coefficient (Wildman–Crippen LogP) is 4.75. The van der Waals surface area contributed by atoms with Gasteiger partial charge in [0.05, 0.1) is 10.3 Å². The maximum Gasteiger partial charge on any atom is 0.204 e. The normalized spacial score (nSPS) is 10.8. The summed E-state index contributed by atoms with van der Waals surface area (Å²) in [5.41, 5.74) is 0.741. The van der Waals surface area contributed by atoms with Crippen LogP contribution in [0.4, 0.5) is 0 Å². The Kier molecular flexibility index (Phi) is 3.59. The first-order chi connectivity index (χ1) is 11.8. The highest BCUT2D eigenvalue weighted by Crippen LogP contribution is 2.30. The highest BCUT2D eigenvalue weighted by atomic mass is 32.1. The van der Waals surface area contributed by atoms with Gasteiger partial charge in [-0.05, 0) is 23.6 Å². The molecule has 0 unspecified atom stereocenters. The summed E-state index contributed by atoms with van der Waals surface area (Å²) < 4.78 is 5.95.